The van der Waals surface area contributed by atoms with E-state index in [9.17, 15) is 9.59 Å². The first-order valence-electron chi connectivity index (χ1n) is 11.1. The second kappa shape index (κ2) is 12.1. The number of carbonyl (C=O) groups is 2. The van der Waals surface area contributed by atoms with Crippen LogP contribution in [0.15, 0.2) is 60.7 Å². The monoisotopic (exact) mass is 450 g/mol. The zero-order valence-electron chi connectivity index (χ0n) is 18.7. The van der Waals surface area contributed by atoms with Crippen LogP contribution in [0.4, 0.5) is 5.13 Å². The van der Waals surface area contributed by atoms with Gasteiger partial charge in [0.2, 0.25) is 16.9 Å². The van der Waals surface area contributed by atoms with Crippen LogP contribution in [0.3, 0.4) is 0 Å². The van der Waals surface area contributed by atoms with Crippen LogP contribution >= 0.6 is 11.3 Å². The van der Waals surface area contributed by atoms with E-state index >= 15 is 0 Å². The first-order valence-corrected chi connectivity index (χ1v) is 12.0. The summed E-state index contributed by atoms with van der Waals surface area (Å²) in [5, 5.41) is 12.3. The van der Waals surface area contributed by atoms with Crippen LogP contribution in [0.2, 0.25) is 0 Å². The molecule has 32 heavy (non-hydrogen) atoms. The fourth-order valence-corrected chi connectivity index (χ4v) is 4.29. The molecule has 3 rings (SSSR count). The maximum atomic E-state index is 13.3. The molecule has 1 aromatic heterocycles. The molecule has 0 aliphatic rings. The van der Waals surface area contributed by atoms with Gasteiger partial charge in [-0.1, -0.05) is 92.3 Å². The molecule has 0 saturated heterocycles. The van der Waals surface area contributed by atoms with Gasteiger partial charge >= 0.3 is 0 Å². The lowest BCUT2D eigenvalue weighted by molar-refractivity contribution is -0.133. The van der Waals surface area contributed by atoms with Crippen LogP contribution in [0.25, 0.3) is 10.6 Å². The van der Waals surface area contributed by atoms with Crippen LogP contribution in [-0.4, -0.2) is 40.0 Å². The molecule has 0 spiro atoms. The summed E-state index contributed by atoms with van der Waals surface area (Å²) in [6.07, 6.45) is 2.85. The molecule has 0 radical (unpaired) electrons. The Bertz CT molecular complexity index is 991. The lowest BCUT2D eigenvalue weighted by Crippen LogP contribution is -2.38. The Balaban J connectivity index is 1.60. The van der Waals surface area contributed by atoms with Gasteiger partial charge in [0.1, 0.15) is 5.01 Å². The van der Waals surface area contributed by atoms with Gasteiger partial charge in [-0.3, -0.25) is 9.59 Å². The maximum absolute atomic E-state index is 13.3. The summed E-state index contributed by atoms with van der Waals surface area (Å²) in [6.45, 7) is 5.17. The highest BCUT2D eigenvalue weighted by atomic mass is 32.1. The lowest BCUT2D eigenvalue weighted by Gasteiger charge is -2.27. The van der Waals surface area contributed by atoms with Gasteiger partial charge in [0.25, 0.3) is 0 Å². The maximum Gasteiger partial charge on any atom is 0.230 e. The summed E-state index contributed by atoms with van der Waals surface area (Å²) in [4.78, 5) is 27.7. The number of amides is 2. The van der Waals surface area contributed by atoms with Crippen molar-refractivity contribution in [1.29, 1.82) is 0 Å². The van der Waals surface area contributed by atoms with E-state index in [0.29, 0.717) is 18.2 Å². The van der Waals surface area contributed by atoms with Gasteiger partial charge in [-0.15, -0.1) is 10.2 Å². The minimum Gasteiger partial charge on any atom is -0.342 e. The van der Waals surface area contributed by atoms with Crippen LogP contribution < -0.4 is 5.32 Å². The van der Waals surface area contributed by atoms with E-state index in [4.69, 9.17) is 0 Å². The summed E-state index contributed by atoms with van der Waals surface area (Å²) >= 11 is 1.34. The molecule has 0 bridgehead atoms. The summed E-state index contributed by atoms with van der Waals surface area (Å²) in [5.74, 6) is -0.266. The molecule has 6 nitrogen and oxygen atoms in total. The Morgan fingerprint density at radius 3 is 2.31 bits per heavy atom. The highest BCUT2D eigenvalue weighted by Crippen LogP contribution is 2.26. The number of anilines is 1. The molecule has 0 unspecified atom stereocenters. The summed E-state index contributed by atoms with van der Waals surface area (Å²) < 4.78 is 0. The SMILES string of the molecule is CCCCN(CCC(=O)Nc1nnc(-c2ccccc2)s1)C(=O)[C@H](CC)c1ccccc1. The van der Waals surface area contributed by atoms with Gasteiger partial charge in [0, 0.05) is 25.1 Å². The predicted octanol–water partition coefficient (Wildman–Crippen LogP) is 5.36. The third-order valence-electron chi connectivity index (χ3n) is 5.30. The molecule has 0 fully saturated rings. The Morgan fingerprint density at radius 1 is 0.969 bits per heavy atom. The molecular weight excluding hydrogens is 420 g/mol. The van der Waals surface area contributed by atoms with Gasteiger partial charge < -0.3 is 10.2 Å². The number of carbonyl (C=O) groups excluding carboxylic acids is 2. The number of hydrogen-bond donors (Lipinski definition) is 1. The average Bonchev–Trinajstić information content (AvgIpc) is 3.29. The topological polar surface area (TPSA) is 75.2 Å². The zero-order valence-corrected chi connectivity index (χ0v) is 19.5. The van der Waals surface area contributed by atoms with Gasteiger partial charge in [0.05, 0.1) is 5.92 Å². The number of nitrogens with zero attached hydrogens (tertiary/aromatic N) is 3. The number of rotatable bonds is 11. The van der Waals surface area contributed by atoms with Crippen molar-refractivity contribution in [3.63, 3.8) is 0 Å². The van der Waals surface area contributed by atoms with Crippen molar-refractivity contribution in [3.8, 4) is 10.6 Å². The van der Waals surface area contributed by atoms with E-state index in [-0.39, 0.29) is 24.2 Å². The van der Waals surface area contributed by atoms with Gasteiger partial charge in [-0.2, -0.15) is 0 Å². The highest BCUT2D eigenvalue weighted by molar-refractivity contribution is 7.18. The van der Waals surface area contributed by atoms with Crippen LogP contribution in [0, 0.1) is 0 Å². The number of unbranched alkanes of at least 4 members (excludes halogenated alkanes) is 1. The van der Waals surface area contributed by atoms with Gasteiger partial charge in [-0.05, 0) is 18.4 Å². The van der Waals surface area contributed by atoms with Crippen LogP contribution in [0.5, 0.6) is 0 Å². The van der Waals surface area contributed by atoms with E-state index in [1.807, 2.05) is 72.5 Å². The molecule has 7 heteroatoms. The lowest BCUT2D eigenvalue weighted by atomic mass is 9.95. The van der Waals surface area contributed by atoms with Crippen LogP contribution in [0.1, 0.15) is 51.0 Å². The first-order chi connectivity index (χ1) is 15.6. The number of benzene rings is 2. The van der Waals surface area contributed by atoms with Crippen molar-refractivity contribution in [1.82, 2.24) is 15.1 Å². The fourth-order valence-electron chi connectivity index (χ4n) is 3.53. The number of nitrogens with one attached hydrogen (secondary N) is 1. The summed E-state index contributed by atoms with van der Waals surface area (Å²) in [6, 6.07) is 19.6. The normalized spacial score (nSPS) is 11.7. The number of aromatic nitrogens is 2. The largest absolute Gasteiger partial charge is 0.342 e. The van der Waals surface area contributed by atoms with Crippen molar-refractivity contribution >= 4 is 28.3 Å². The molecule has 2 amide bonds. The summed E-state index contributed by atoms with van der Waals surface area (Å²) in [7, 11) is 0. The van der Waals surface area contributed by atoms with E-state index in [2.05, 4.69) is 22.4 Å². The molecule has 0 aliphatic carbocycles. The van der Waals surface area contributed by atoms with E-state index < -0.39 is 0 Å². The Morgan fingerprint density at radius 2 is 1.66 bits per heavy atom. The van der Waals surface area contributed by atoms with Gasteiger partial charge in [0.15, 0.2) is 0 Å². The second-order valence-corrected chi connectivity index (χ2v) is 8.60. The van der Waals surface area contributed by atoms with Crippen molar-refractivity contribution in [2.24, 2.45) is 0 Å². The first kappa shape index (κ1) is 23.6. The molecular formula is C25H30N4O2S. The van der Waals surface area contributed by atoms with E-state index in [0.717, 1.165) is 35.4 Å². The summed E-state index contributed by atoms with van der Waals surface area (Å²) in [5.41, 5.74) is 1.99. The van der Waals surface area contributed by atoms with Crippen molar-refractivity contribution < 1.29 is 9.59 Å². The third-order valence-corrected chi connectivity index (χ3v) is 6.19. The predicted molar refractivity (Wildman–Crippen MR) is 130 cm³/mol. The fraction of sp³-hybridized carbons (Fsp3) is 0.360. The van der Waals surface area contributed by atoms with E-state index in [1.54, 1.807) is 0 Å². The molecule has 1 N–H and O–H groups in total. The molecule has 0 saturated carbocycles. The zero-order chi connectivity index (χ0) is 22.8. The van der Waals surface area contributed by atoms with Gasteiger partial charge in [-0.25, -0.2) is 0 Å². The Kier molecular flexibility index (Phi) is 8.92. The third kappa shape index (κ3) is 6.47. The second-order valence-electron chi connectivity index (χ2n) is 7.63. The molecule has 1 atom stereocenters. The quantitative estimate of drug-likeness (QED) is 0.427. The number of hydrogen-bond acceptors (Lipinski definition) is 5. The molecule has 0 aliphatic heterocycles. The van der Waals surface area contributed by atoms with Crippen molar-refractivity contribution in [2.75, 3.05) is 18.4 Å². The standard InChI is InChI=1S/C25H30N4O2S/c1-3-5-17-29(24(31)21(4-2)19-12-8-6-9-13-19)18-16-22(30)26-25-28-27-23(32-25)20-14-10-7-11-15-20/h6-15,21H,3-5,16-18H2,1-2H3,(H,26,28,30)/t21-/m1/s1. The average molecular weight is 451 g/mol. The molecule has 2 aromatic carbocycles. The minimum absolute atomic E-state index is 0.0854. The highest BCUT2D eigenvalue weighted by Gasteiger charge is 2.24. The van der Waals surface area contributed by atoms with Crippen LogP contribution in [-0.2, 0) is 9.59 Å². The Labute approximate surface area is 193 Å². The van der Waals surface area contributed by atoms with E-state index in [1.165, 1.54) is 11.3 Å². The molecule has 3 aromatic rings. The molecule has 1 heterocycles. The Hall–Kier alpha value is -3.06. The minimum atomic E-state index is -0.187. The smallest absolute Gasteiger partial charge is 0.230 e. The van der Waals surface area contributed by atoms with Crippen molar-refractivity contribution in [3.05, 3.63) is 66.2 Å². The van der Waals surface area contributed by atoms with Crippen molar-refractivity contribution in [2.45, 2.75) is 45.4 Å². The molecule has 168 valence electrons.